The number of fused-ring (bicyclic) bond motifs is 1. The summed E-state index contributed by atoms with van der Waals surface area (Å²) in [5.74, 6) is 0.924. The van der Waals surface area contributed by atoms with Gasteiger partial charge in [-0.25, -0.2) is 4.98 Å². The lowest BCUT2D eigenvalue weighted by Gasteiger charge is -2.10. The summed E-state index contributed by atoms with van der Waals surface area (Å²) in [7, 11) is 0. The van der Waals surface area contributed by atoms with Gasteiger partial charge in [-0.05, 0) is 55.0 Å². The van der Waals surface area contributed by atoms with E-state index >= 15 is 0 Å². The molecule has 0 saturated carbocycles. The van der Waals surface area contributed by atoms with E-state index in [2.05, 4.69) is 15.3 Å². The first-order valence-corrected chi connectivity index (χ1v) is 10.8. The molecule has 156 valence electrons. The van der Waals surface area contributed by atoms with Crippen LogP contribution in [0.2, 0.25) is 0 Å². The molecule has 1 amide bonds. The number of aryl methyl sites for hydroxylation is 1. The maximum absolute atomic E-state index is 12.2. The fourth-order valence-electron chi connectivity index (χ4n) is 3.01. The van der Waals surface area contributed by atoms with Crippen LogP contribution in [0.5, 0.6) is 5.75 Å². The van der Waals surface area contributed by atoms with Crippen LogP contribution in [-0.4, -0.2) is 22.5 Å². The van der Waals surface area contributed by atoms with Gasteiger partial charge in [-0.2, -0.15) is 0 Å². The smallest absolute Gasteiger partial charge is 0.271 e. The number of carbonyl (C=O) groups is 1. The quantitative estimate of drug-likeness (QED) is 0.420. The molecule has 0 aliphatic heterocycles. The van der Waals surface area contributed by atoms with Crippen LogP contribution in [0, 0.1) is 6.92 Å². The number of aromatic amines is 1. The molecule has 0 spiro atoms. The third kappa shape index (κ3) is 5.32. The molecule has 0 saturated heterocycles. The average Bonchev–Trinajstić information content (AvgIpc) is 2.78. The third-order valence-electron chi connectivity index (χ3n) is 4.64. The minimum atomic E-state index is -0.226. The summed E-state index contributed by atoms with van der Waals surface area (Å²) >= 11 is 1.51. The van der Waals surface area contributed by atoms with Crippen molar-refractivity contribution in [2.75, 3.05) is 11.9 Å². The summed E-state index contributed by atoms with van der Waals surface area (Å²) in [6, 6.07) is 22.5. The van der Waals surface area contributed by atoms with Crippen molar-refractivity contribution in [3.63, 3.8) is 0 Å². The number of H-pyrrole nitrogens is 1. The second-order valence-corrected chi connectivity index (χ2v) is 7.99. The summed E-state index contributed by atoms with van der Waals surface area (Å²) < 4.78 is 5.57. The molecular weight excluding hydrogens is 410 g/mol. The Morgan fingerprint density at radius 3 is 2.58 bits per heavy atom. The second-order valence-electron chi connectivity index (χ2n) is 6.95. The summed E-state index contributed by atoms with van der Waals surface area (Å²) in [4.78, 5) is 32.7. The van der Waals surface area contributed by atoms with Crippen LogP contribution in [0.4, 0.5) is 5.69 Å². The third-order valence-corrected chi connectivity index (χ3v) is 5.66. The van der Waals surface area contributed by atoms with Crippen molar-refractivity contribution >= 4 is 34.4 Å². The van der Waals surface area contributed by atoms with Gasteiger partial charge in [-0.3, -0.25) is 9.59 Å². The van der Waals surface area contributed by atoms with Crippen molar-refractivity contribution < 1.29 is 9.53 Å². The van der Waals surface area contributed by atoms with Gasteiger partial charge < -0.3 is 15.0 Å². The minimum Gasteiger partial charge on any atom is -0.483 e. The minimum absolute atomic E-state index is 0.0578. The van der Waals surface area contributed by atoms with Crippen LogP contribution in [-0.2, 0) is 10.5 Å². The predicted octanol–water partition coefficient (Wildman–Crippen LogP) is 4.54. The SMILES string of the molecule is Cc1ccccc1OCC(=O)Nc1ccc(SCc2nc3ccccc3[nH]c2=O)cc1. The summed E-state index contributed by atoms with van der Waals surface area (Å²) in [5, 5.41) is 2.82. The first kappa shape index (κ1) is 20.7. The number of hydrogen-bond acceptors (Lipinski definition) is 5. The van der Waals surface area contributed by atoms with Crippen LogP contribution >= 0.6 is 11.8 Å². The summed E-state index contributed by atoms with van der Waals surface area (Å²) in [6.07, 6.45) is 0. The fraction of sp³-hybridized carbons (Fsp3) is 0.125. The van der Waals surface area contributed by atoms with E-state index in [1.807, 2.05) is 79.7 Å². The number of anilines is 1. The largest absolute Gasteiger partial charge is 0.483 e. The molecule has 0 aliphatic rings. The standard InChI is InChI=1S/C24H21N3O3S/c1-16-6-2-5-9-22(16)30-14-23(28)25-17-10-12-18(13-11-17)31-15-21-24(29)27-20-8-4-3-7-19(20)26-21/h2-13H,14-15H2,1H3,(H,25,28)(H,27,29). The van der Waals surface area contributed by atoms with Gasteiger partial charge in [0.15, 0.2) is 6.61 Å². The molecule has 6 nitrogen and oxygen atoms in total. The Kier molecular flexibility index (Phi) is 6.33. The molecule has 31 heavy (non-hydrogen) atoms. The first-order chi connectivity index (χ1) is 15.1. The van der Waals surface area contributed by atoms with E-state index in [9.17, 15) is 9.59 Å². The van der Waals surface area contributed by atoms with Gasteiger partial charge in [0, 0.05) is 16.3 Å². The number of para-hydroxylation sites is 3. The van der Waals surface area contributed by atoms with E-state index < -0.39 is 0 Å². The molecule has 0 atom stereocenters. The maximum atomic E-state index is 12.2. The Morgan fingerprint density at radius 1 is 1.03 bits per heavy atom. The zero-order chi connectivity index (χ0) is 21.6. The highest BCUT2D eigenvalue weighted by molar-refractivity contribution is 7.98. The Morgan fingerprint density at radius 2 is 1.77 bits per heavy atom. The van der Waals surface area contributed by atoms with E-state index in [0.717, 1.165) is 21.5 Å². The molecule has 1 heterocycles. The van der Waals surface area contributed by atoms with E-state index in [-0.39, 0.29) is 18.1 Å². The van der Waals surface area contributed by atoms with Gasteiger partial charge >= 0.3 is 0 Å². The Balaban J connectivity index is 1.32. The molecule has 0 unspecified atom stereocenters. The molecule has 3 aromatic carbocycles. The molecule has 2 N–H and O–H groups in total. The lowest BCUT2D eigenvalue weighted by atomic mass is 10.2. The highest BCUT2D eigenvalue weighted by Crippen LogP contribution is 2.23. The summed E-state index contributed by atoms with van der Waals surface area (Å²) in [5.41, 5.74) is 3.47. The number of thioether (sulfide) groups is 1. The number of nitrogens with one attached hydrogen (secondary N) is 2. The topological polar surface area (TPSA) is 84.1 Å². The number of carbonyl (C=O) groups excluding carboxylic acids is 1. The molecule has 1 aromatic heterocycles. The van der Waals surface area contributed by atoms with E-state index in [1.54, 1.807) is 0 Å². The molecule has 4 aromatic rings. The van der Waals surface area contributed by atoms with E-state index in [4.69, 9.17) is 4.74 Å². The maximum Gasteiger partial charge on any atom is 0.271 e. The Labute approximate surface area is 183 Å². The molecule has 4 rings (SSSR count). The molecule has 7 heteroatoms. The van der Waals surface area contributed by atoms with Crippen molar-refractivity contribution in [2.45, 2.75) is 17.6 Å². The molecular formula is C24H21N3O3S. The van der Waals surface area contributed by atoms with Gasteiger partial charge in [0.2, 0.25) is 0 Å². The van der Waals surface area contributed by atoms with Crippen LogP contribution in [0.3, 0.4) is 0 Å². The van der Waals surface area contributed by atoms with Crippen molar-refractivity contribution in [2.24, 2.45) is 0 Å². The second kappa shape index (κ2) is 9.49. The average molecular weight is 432 g/mol. The number of amides is 1. The normalized spacial score (nSPS) is 10.7. The number of benzene rings is 3. The molecule has 0 fully saturated rings. The highest BCUT2D eigenvalue weighted by Gasteiger charge is 2.07. The van der Waals surface area contributed by atoms with Crippen LogP contribution in [0.1, 0.15) is 11.3 Å². The van der Waals surface area contributed by atoms with Gasteiger partial charge in [0.25, 0.3) is 11.5 Å². The monoisotopic (exact) mass is 431 g/mol. The first-order valence-electron chi connectivity index (χ1n) is 9.77. The molecule has 0 radical (unpaired) electrons. The number of rotatable bonds is 7. The lowest BCUT2D eigenvalue weighted by molar-refractivity contribution is -0.118. The van der Waals surface area contributed by atoms with Crippen LogP contribution in [0.25, 0.3) is 11.0 Å². The van der Waals surface area contributed by atoms with Crippen molar-refractivity contribution in [3.8, 4) is 5.75 Å². The number of nitrogens with zero attached hydrogens (tertiary/aromatic N) is 1. The van der Waals surface area contributed by atoms with Crippen molar-refractivity contribution in [1.29, 1.82) is 0 Å². The lowest BCUT2D eigenvalue weighted by Crippen LogP contribution is -2.20. The van der Waals surface area contributed by atoms with Gasteiger partial charge in [0.1, 0.15) is 11.4 Å². The van der Waals surface area contributed by atoms with Gasteiger partial charge in [-0.15, -0.1) is 11.8 Å². The zero-order valence-corrected chi connectivity index (χ0v) is 17.7. The van der Waals surface area contributed by atoms with Gasteiger partial charge in [-0.1, -0.05) is 30.3 Å². The van der Waals surface area contributed by atoms with E-state index in [1.165, 1.54) is 11.8 Å². The van der Waals surface area contributed by atoms with Crippen molar-refractivity contribution in [3.05, 3.63) is 94.4 Å². The van der Waals surface area contributed by atoms with E-state index in [0.29, 0.717) is 22.9 Å². The number of ether oxygens (including phenoxy) is 1. The van der Waals surface area contributed by atoms with Gasteiger partial charge in [0.05, 0.1) is 11.0 Å². The zero-order valence-electron chi connectivity index (χ0n) is 16.9. The molecule has 0 aliphatic carbocycles. The fourth-order valence-corrected chi connectivity index (χ4v) is 3.84. The predicted molar refractivity (Wildman–Crippen MR) is 124 cm³/mol. The van der Waals surface area contributed by atoms with Crippen LogP contribution in [0.15, 0.2) is 82.5 Å². The Hall–Kier alpha value is -3.58. The van der Waals surface area contributed by atoms with Crippen LogP contribution < -0.4 is 15.6 Å². The summed E-state index contributed by atoms with van der Waals surface area (Å²) in [6.45, 7) is 1.88. The highest BCUT2D eigenvalue weighted by atomic mass is 32.2. The van der Waals surface area contributed by atoms with Crippen molar-refractivity contribution in [1.82, 2.24) is 9.97 Å². The Bertz CT molecular complexity index is 1270. The molecule has 0 bridgehead atoms. The number of hydrogen-bond donors (Lipinski definition) is 2. The number of aromatic nitrogens is 2.